The van der Waals surface area contributed by atoms with Crippen LogP contribution < -0.4 is 21.3 Å². The fourth-order valence-corrected chi connectivity index (χ4v) is 13.2. The van der Waals surface area contributed by atoms with Crippen molar-refractivity contribution in [3.05, 3.63) is 12.2 Å². The van der Waals surface area contributed by atoms with Gasteiger partial charge in [-0.25, -0.2) is 0 Å². The lowest BCUT2D eigenvalue weighted by atomic mass is 9.91. The molecule has 1 aliphatic heterocycles. The Kier molecular flexibility index (Phi) is 37.4. The Morgan fingerprint density at radius 1 is 0.432 bits per heavy atom. The third-order valence-corrected chi connectivity index (χ3v) is 19.3. The van der Waals surface area contributed by atoms with Gasteiger partial charge in [-0.1, -0.05) is 130 Å². The number of nitrogens with zero attached hydrogens (tertiary/aromatic N) is 8. The van der Waals surface area contributed by atoms with E-state index in [0.717, 1.165) is 18.0 Å². The number of carbonyl (C=O) groups is 11. The monoisotopic (exact) mass is 1360 g/mol. The topological polar surface area (TPSA) is 282 Å². The standard InChI is InChI=1S/C70H128N12O12S/c1-28-31-32-47(18)59(83)58-63(87)74-56(45(14)15)69(93)79(25)54(39-95-34-33-82(29-2)30-3)67(91)75(21)51(36-41(6)7)62(86)73-55(44(12)13)68(92)76(22)50(35-40(4)5)61(85)71-48(19)60(84)72-49(20)64(88)77(23)52(37-42(8)9)65(89)78(24)53(38-43(10)11)66(90)80(26)57(46(16)17)70(94)81(58)27/h28,31,40-59,83H,29-30,32-39H2,1-27H3,(H,71,85)(H,72,84)(H,73,86)(H,74,87)/b31-28+/t47-,48-,49+,50?,51+,52-,53-,54-,55-,56-,57-,58-,59-/m1/s1. The second-order valence-corrected chi connectivity index (χ2v) is 30.3. The van der Waals surface area contributed by atoms with Crippen LogP contribution in [-0.4, -0.2) is 262 Å². The van der Waals surface area contributed by atoms with Crippen molar-refractivity contribution in [1.82, 2.24) is 60.5 Å². The van der Waals surface area contributed by atoms with Crippen molar-refractivity contribution in [2.75, 3.05) is 80.5 Å². The summed E-state index contributed by atoms with van der Waals surface area (Å²) in [6.07, 6.45) is 2.98. The molecule has 1 aliphatic rings. The first-order chi connectivity index (χ1) is 44.0. The number of hydrogen-bond donors (Lipinski definition) is 5. The molecular formula is C70H128N12O12S. The van der Waals surface area contributed by atoms with Crippen LogP contribution in [0.3, 0.4) is 0 Å². The molecule has 1 heterocycles. The molecule has 1 saturated heterocycles. The lowest BCUT2D eigenvalue weighted by Gasteiger charge is -2.42. The molecule has 0 bridgehead atoms. The maximum absolute atomic E-state index is 15.5. The van der Waals surface area contributed by atoms with Crippen molar-refractivity contribution in [2.24, 2.45) is 47.3 Å². The highest BCUT2D eigenvalue weighted by molar-refractivity contribution is 7.99. The fourth-order valence-electron chi connectivity index (χ4n) is 12.0. The summed E-state index contributed by atoms with van der Waals surface area (Å²) >= 11 is 1.44. The zero-order valence-corrected chi connectivity index (χ0v) is 64.0. The highest BCUT2D eigenvalue weighted by Gasteiger charge is 2.47. The van der Waals surface area contributed by atoms with Crippen LogP contribution in [0, 0.1) is 47.3 Å². The van der Waals surface area contributed by atoms with Gasteiger partial charge in [0, 0.05) is 67.4 Å². The third-order valence-electron chi connectivity index (χ3n) is 18.3. The number of aliphatic hydroxyl groups excluding tert-OH is 1. The SMILES string of the molecule is C/C=C/C[C@@H](C)[C@@H](O)[C@@H]1C(=O)N[C@H](C(C)C)C(=O)N(C)[C@H](CSCCN(CC)CC)C(=O)N(C)[C@@H](CC(C)C)C(=O)N[C@H](C(C)C)C(=O)N(C)C(CC(C)C)C(=O)N[C@H](C)C(=O)N[C@@H](C)C(=O)N(C)[C@H](CC(C)C)C(=O)N(C)[C@H](CC(C)C)C(=O)N(C)[C@H](C(C)C)C(=O)N1C. The van der Waals surface area contributed by atoms with E-state index in [9.17, 15) is 24.3 Å². The molecule has 0 aromatic rings. The van der Waals surface area contributed by atoms with Crippen molar-refractivity contribution in [2.45, 2.75) is 243 Å². The predicted molar refractivity (Wildman–Crippen MR) is 377 cm³/mol. The minimum Gasteiger partial charge on any atom is -0.390 e. The molecule has 0 saturated carbocycles. The molecule has 13 atom stereocenters. The largest absolute Gasteiger partial charge is 0.390 e. The minimum absolute atomic E-state index is 0.0809. The molecule has 0 radical (unpaired) electrons. The Bertz CT molecular complexity index is 2560. The molecule has 24 nitrogen and oxygen atoms in total. The molecule has 0 spiro atoms. The number of allylic oxidation sites excluding steroid dienone is 2. The van der Waals surface area contributed by atoms with Gasteiger partial charge in [-0.05, 0) is 113 Å². The van der Waals surface area contributed by atoms with Crippen LogP contribution in [-0.2, 0) is 52.7 Å². The number of thioether (sulfide) groups is 1. The smallest absolute Gasteiger partial charge is 0.246 e. The molecule has 0 aromatic carbocycles. The molecule has 1 rings (SSSR count). The van der Waals surface area contributed by atoms with E-state index in [1.807, 2.05) is 82.2 Å². The summed E-state index contributed by atoms with van der Waals surface area (Å²) in [5, 5.41) is 23.7. The van der Waals surface area contributed by atoms with Crippen molar-refractivity contribution in [3.63, 3.8) is 0 Å². The number of carbonyl (C=O) groups excluding carboxylic acids is 11. The molecular weight excluding hydrogens is 1230 g/mol. The summed E-state index contributed by atoms with van der Waals surface area (Å²) in [5.41, 5.74) is 0. The Morgan fingerprint density at radius 2 is 0.789 bits per heavy atom. The van der Waals surface area contributed by atoms with Gasteiger partial charge < -0.3 is 65.6 Å². The van der Waals surface area contributed by atoms with Crippen LogP contribution in [0.5, 0.6) is 0 Å². The number of aliphatic hydroxyl groups is 1. The van der Waals surface area contributed by atoms with E-state index in [2.05, 4.69) is 26.2 Å². The van der Waals surface area contributed by atoms with Gasteiger partial charge in [0.05, 0.1) is 6.10 Å². The van der Waals surface area contributed by atoms with Gasteiger partial charge in [-0.15, -0.1) is 0 Å². The van der Waals surface area contributed by atoms with Crippen molar-refractivity contribution in [1.29, 1.82) is 0 Å². The number of likely N-dealkylation sites (N-methyl/N-ethyl adjacent to an activating group) is 7. The first-order valence-electron chi connectivity index (χ1n) is 34.7. The van der Waals surface area contributed by atoms with Gasteiger partial charge in [0.2, 0.25) is 65.0 Å². The maximum atomic E-state index is 15.5. The number of nitrogens with one attached hydrogen (secondary N) is 4. The summed E-state index contributed by atoms with van der Waals surface area (Å²) in [7, 11) is 10.2. The van der Waals surface area contributed by atoms with Crippen molar-refractivity contribution >= 4 is 76.7 Å². The van der Waals surface area contributed by atoms with E-state index in [0.29, 0.717) is 18.7 Å². The van der Waals surface area contributed by atoms with E-state index < -0.39 is 161 Å². The second-order valence-electron chi connectivity index (χ2n) is 29.2. The van der Waals surface area contributed by atoms with Gasteiger partial charge in [0.15, 0.2) is 0 Å². The molecule has 546 valence electrons. The van der Waals surface area contributed by atoms with Gasteiger partial charge in [0.25, 0.3) is 0 Å². The number of amides is 11. The van der Waals surface area contributed by atoms with Crippen LogP contribution >= 0.6 is 11.8 Å². The highest BCUT2D eigenvalue weighted by atomic mass is 32.2. The van der Waals surface area contributed by atoms with Crippen LogP contribution in [0.2, 0.25) is 0 Å². The van der Waals surface area contributed by atoms with E-state index in [1.165, 1.54) is 104 Å². The van der Waals surface area contributed by atoms with Gasteiger partial charge in [-0.2, -0.15) is 11.8 Å². The molecule has 25 heteroatoms. The van der Waals surface area contributed by atoms with Crippen molar-refractivity contribution < 1.29 is 57.8 Å². The molecule has 5 N–H and O–H groups in total. The Morgan fingerprint density at radius 3 is 1.21 bits per heavy atom. The van der Waals surface area contributed by atoms with Crippen molar-refractivity contribution in [3.8, 4) is 0 Å². The Labute approximate surface area is 575 Å². The molecule has 11 amide bonds. The summed E-state index contributed by atoms with van der Waals surface area (Å²) in [4.78, 5) is 176. The molecule has 1 fully saturated rings. The quantitative estimate of drug-likeness (QED) is 0.0708. The number of hydrogen-bond acceptors (Lipinski definition) is 14. The average Bonchev–Trinajstić information content (AvgIpc) is 0.813. The van der Waals surface area contributed by atoms with Crippen LogP contribution in [0.15, 0.2) is 12.2 Å². The third kappa shape index (κ3) is 25.2. The summed E-state index contributed by atoms with van der Waals surface area (Å²) in [6.45, 7) is 38.3. The van der Waals surface area contributed by atoms with Crippen LogP contribution in [0.1, 0.15) is 171 Å². The van der Waals surface area contributed by atoms with E-state index in [4.69, 9.17) is 0 Å². The van der Waals surface area contributed by atoms with Gasteiger partial charge in [-0.3, -0.25) is 52.7 Å². The van der Waals surface area contributed by atoms with E-state index in [1.54, 1.807) is 54.5 Å². The average molecular weight is 1360 g/mol. The zero-order valence-electron chi connectivity index (χ0n) is 63.2. The lowest BCUT2D eigenvalue weighted by Crippen LogP contribution is -2.64. The molecule has 0 aromatic heterocycles. The molecule has 0 aliphatic carbocycles. The maximum Gasteiger partial charge on any atom is 0.246 e. The summed E-state index contributed by atoms with van der Waals surface area (Å²) in [5.74, 6) is -9.72. The van der Waals surface area contributed by atoms with Gasteiger partial charge in [0.1, 0.15) is 66.5 Å². The van der Waals surface area contributed by atoms with Gasteiger partial charge >= 0.3 is 0 Å². The van der Waals surface area contributed by atoms with E-state index >= 15 is 33.6 Å². The van der Waals surface area contributed by atoms with Crippen LogP contribution in [0.25, 0.3) is 0 Å². The first-order valence-corrected chi connectivity index (χ1v) is 35.8. The predicted octanol–water partition coefficient (Wildman–Crippen LogP) is 4.96. The summed E-state index contributed by atoms with van der Waals surface area (Å²) in [6, 6.07) is -13.8. The number of rotatable bonds is 22. The fraction of sp³-hybridized carbons (Fsp3) is 0.814. The molecule has 1 unspecified atom stereocenters. The minimum atomic E-state index is -1.64. The molecule has 95 heavy (non-hydrogen) atoms. The Balaban J connectivity index is 4.60. The van der Waals surface area contributed by atoms with Crippen LogP contribution in [0.4, 0.5) is 0 Å². The summed E-state index contributed by atoms with van der Waals surface area (Å²) < 4.78 is 0. The first kappa shape index (κ1) is 87.2. The highest BCUT2D eigenvalue weighted by Crippen LogP contribution is 2.27. The lowest BCUT2D eigenvalue weighted by molar-refractivity contribution is -0.157. The van der Waals surface area contributed by atoms with E-state index in [-0.39, 0.29) is 55.1 Å². The normalized spacial score (nSPS) is 26.3. The zero-order chi connectivity index (χ0) is 73.5. The second kappa shape index (κ2) is 40.8. The Hall–Kier alpha value is -5.82.